The normalized spacial score (nSPS) is 10.5. The number of anilines is 3. The summed E-state index contributed by atoms with van der Waals surface area (Å²) in [6.45, 7) is 0. The molecule has 3 aromatic rings. The Hall–Kier alpha value is -3.08. The molecule has 1 aromatic heterocycles. The first kappa shape index (κ1) is 12.9. The van der Waals surface area contributed by atoms with Gasteiger partial charge >= 0.3 is 5.97 Å². The molecular formula is C16H13N3O2. The molecule has 0 aliphatic carbocycles. The number of rotatable bonds is 3. The van der Waals surface area contributed by atoms with Gasteiger partial charge < -0.3 is 16.2 Å². The number of nitrogen functional groups attached to an aromatic ring is 1. The summed E-state index contributed by atoms with van der Waals surface area (Å²) in [5.41, 5.74) is 8.50. The van der Waals surface area contributed by atoms with Crippen LogP contribution in [0.4, 0.5) is 17.1 Å². The predicted molar refractivity (Wildman–Crippen MR) is 82.8 cm³/mol. The standard InChI is InChI=1S/C16H13N3O2/c17-10-6-7-12(16(20)21)15(9-10)19-14-5-1-4-13-11(14)3-2-8-18-13/h1-9,19H,17H2,(H,20,21). The van der Waals surface area contributed by atoms with Crippen molar-refractivity contribution in [1.29, 1.82) is 0 Å². The lowest BCUT2D eigenvalue weighted by atomic mass is 10.1. The van der Waals surface area contributed by atoms with Gasteiger partial charge in [0.2, 0.25) is 0 Å². The summed E-state index contributed by atoms with van der Waals surface area (Å²) < 4.78 is 0. The van der Waals surface area contributed by atoms with Crippen LogP contribution in [0.15, 0.2) is 54.7 Å². The molecule has 0 radical (unpaired) electrons. The third-order valence-corrected chi connectivity index (χ3v) is 3.19. The summed E-state index contributed by atoms with van der Waals surface area (Å²) in [6.07, 6.45) is 1.72. The molecule has 1 heterocycles. The van der Waals surface area contributed by atoms with Gasteiger partial charge in [0.05, 0.1) is 16.8 Å². The lowest BCUT2D eigenvalue weighted by molar-refractivity contribution is 0.0698. The molecule has 3 rings (SSSR count). The first-order valence-electron chi connectivity index (χ1n) is 6.39. The predicted octanol–water partition coefficient (Wildman–Crippen LogP) is 3.26. The Morgan fingerprint density at radius 1 is 1.10 bits per heavy atom. The van der Waals surface area contributed by atoms with E-state index in [9.17, 15) is 9.90 Å². The summed E-state index contributed by atoms with van der Waals surface area (Å²) >= 11 is 0. The molecule has 21 heavy (non-hydrogen) atoms. The van der Waals surface area contributed by atoms with Gasteiger partial charge in [0, 0.05) is 23.0 Å². The maximum atomic E-state index is 11.3. The number of nitrogens with one attached hydrogen (secondary N) is 1. The van der Waals surface area contributed by atoms with Gasteiger partial charge in [-0.2, -0.15) is 0 Å². The number of benzene rings is 2. The van der Waals surface area contributed by atoms with Crippen molar-refractivity contribution in [1.82, 2.24) is 4.98 Å². The van der Waals surface area contributed by atoms with E-state index in [2.05, 4.69) is 10.3 Å². The Morgan fingerprint density at radius 3 is 2.76 bits per heavy atom. The first-order chi connectivity index (χ1) is 10.1. The molecule has 5 nitrogen and oxygen atoms in total. The van der Waals surface area contributed by atoms with E-state index in [0.29, 0.717) is 11.4 Å². The minimum absolute atomic E-state index is 0.171. The fourth-order valence-corrected chi connectivity index (χ4v) is 2.21. The maximum Gasteiger partial charge on any atom is 0.337 e. The molecule has 4 N–H and O–H groups in total. The van der Waals surface area contributed by atoms with Crippen molar-refractivity contribution in [2.24, 2.45) is 0 Å². The molecule has 0 unspecified atom stereocenters. The van der Waals surface area contributed by atoms with Gasteiger partial charge in [0.25, 0.3) is 0 Å². The number of carboxylic acids is 1. The molecule has 104 valence electrons. The van der Waals surface area contributed by atoms with Crippen LogP contribution in [0.1, 0.15) is 10.4 Å². The van der Waals surface area contributed by atoms with Crippen LogP contribution in [0.25, 0.3) is 10.9 Å². The van der Waals surface area contributed by atoms with E-state index in [0.717, 1.165) is 16.6 Å². The van der Waals surface area contributed by atoms with E-state index in [1.807, 2.05) is 30.3 Å². The SMILES string of the molecule is Nc1ccc(C(=O)O)c(Nc2cccc3ncccc23)c1. The quantitative estimate of drug-likeness (QED) is 0.640. The van der Waals surface area contributed by atoms with Gasteiger partial charge in [-0.1, -0.05) is 6.07 Å². The number of carboxylic acid groups (broad SMARTS) is 1. The zero-order chi connectivity index (χ0) is 14.8. The number of nitrogens with zero attached hydrogens (tertiary/aromatic N) is 1. The Kier molecular flexibility index (Phi) is 3.16. The van der Waals surface area contributed by atoms with Gasteiger partial charge in [-0.25, -0.2) is 4.79 Å². The van der Waals surface area contributed by atoms with Crippen molar-refractivity contribution < 1.29 is 9.90 Å². The minimum atomic E-state index is -1.00. The number of hydrogen-bond acceptors (Lipinski definition) is 4. The van der Waals surface area contributed by atoms with Crippen LogP contribution in [0, 0.1) is 0 Å². The van der Waals surface area contributed by atoms with Crippen LogP contribution >= 0.6 is 0 Å². The topological polar surface area (TPSA) is 88.2 Å². The number of nitrogens with two attached hydrogens (primary N) is 1. The van der Waals surface area contributed by atoms with Gasteiger partial charge in [0.1, 0.15) is 0 Å². The second-order valence-corrected chi connectivity index (χ2v) is 4.61. The zero-order valence-corrected chi connectivity index (χ0v) is 11.1. The van der Waals surface area contributed by atoms with Crippen molar-refractivity contribution in [3.8, 4) is 0 Å². The van der Waals surface area contributed by atoms with Crippen LogP contribution in [0.2, 0.25) is 0 Å². The molecule has 0 aliphatic heterocycles. The number of carbonyl (C=O) groups is 1. The van der Waals surface area contributed by atoms with Crippen LogP contribution in [0.5, 0.6) is 0 Å². The summed E-state index contributed by atoms with van der Waals surface area (Å²) in [5, 5.41) is 13.3. The fraction of sp³-hybridized carbons (Fsp3) is 0. The fourth-order valence-electron chi connectivity index (χ4n) is 2.21. The van der Waals surface area contributed by atoms with Gasteiger partial charge in [-0.05, 0) is 42.5 Å². The van der Waals surface area contributed by atoms with Gasteiger partial charge in [-0.3, -0.25) is 4.98 Å². The Balaban J connectivity index is 2.11. The average Bonchev–Trinajstić information content (AvgIpc) is 2.47. The Morgan fingerprint density at radius 2 is 1.95 bits per heavy atom. The monoisotopic (exact) mass is 279 g/mol. The highest BCUT2D eigenvalue weighted by Gasteiger charge is 2.11. The molecule has 2 aromatic carbocycles. The number of fused-ring (bicyclic) bond motifs is 1. The van der Waals surface area contributed by atoms with Crippen LogP contribution in [0.3, 0.4) is 0 Å². The lowest BCUT2D eigenvalue weighted by Crippen LogP contribution is -2.04. The Bertz CT molecular complexity index is 825. The zero-order valence-electron chi connectivity index (χ0n) is 11.1. The number of aromatic nitrogens is 1. The van der Waals surface area contributed by atoms with Crippen molar-refractivity contribution in [2.75, 3.05) is 11.1 Å². The maximum absolute atomic E-state index is 11.3. The highest BCUT2D eigenvalue weighted by Crippen LogP contribution is 2.28. The largest absolute Gasteiger partial charge is 0.478 e. The van der Waals surface area contributed by atoms with E-state index >= 15 is 0 Å². The average molecular weight is 279 g/mol. The molecule has 0 aliphatic rings. The molecule has 0 spiro atoms. The second kappa shape index (κ2) is 5.13. The third-order valence-electron chi connectivity index (χ3n) is 3.19. The summed E-state index contributed by atoms with van der Waals surface area (Å²) in [7, 11) is 0. The molecule has 5 heteroatoms. The molecule has 0 atom stereocenters. The molecule has 0 bridgehead atoms. The van der Waals surface area contributed by atoms with E-state index in [4.69, 9.17) is 5.73 Å². The molecule has 0 fully saturated rings. The van der Waals surface area contributed by atoms with E-state index in [1.54, 1.807) is 18.3 Å². The summed E-state index contributed by atoms with van der Waals surface area (Å²) in [4.78, 5) is 15.6. The second-order valence-electron chi connectivity index (χ2n) is 4.61. The van der Waals surface area contributed by atoms with Gasteiger partial charge in [-0.15, -0.1) is 0 Å². The number of hydrogen-bond donors (Lipinski definition) is 3. The first-order valence-corrected chi connectivity index (χ1v) is 6.39. The molecular weight excluding hydrogens is 266 g/mol. The van der Waals surface area contributed by atoms with Crippen molar-refractivity contribution in [3.05, 3.63) is 60.3 Å². The van der Waals surface area contributed by atoms with Crippen molar-refractivity contribution in [3.63, 3.8) is 0 Å². The van der Waals surface area contributed by atoms with Crippen molar-refractivity contribution >= 4 is 33.9 Å². The summed E-state index contributed by atoms with van der Waals surface area (Å²) in [6, 6.07) is 14.1. The van der Waals surface area contributed by atoms with E-state index < -0.39 is 5.97 Å². The third kappa shape index (κ3) is 2.49. The molecule has 0 saturated heterocycles. The van der Waals surface area contributed by atoms with Crippen molar-refractivity contribution in [2.45, 2.75) is 0 Å². The lowest BCUT2D eigenvalue weighted by Gasteiger charge is -2.12. The van der Waals surface area contributed by atoms with Crippen LogP contribution in [-0.4, -0.2) is 16.1 Å². The smallest absolute Gasteiger partial charge is 0.337 e. The van der Waals surface area contributed by atoms with E-state index in [1.165, 1.54) is 6.07 Å². The highest BCUT2D eigenvalue weighted by molar-refractivity contribution is 5.99. The van der Waals surface area contributed by atoms with E-state index in [-0.39, 0.29) is 5.56 Å². The number of aromatic carboxylic acids is 1. The minimum Gasteiger partial charge on any atom is -0.478 e. The van der Waals surface area contributed by atoms with Gasteiger partial charge in [0.15, 0.2) is 0 Å². The highest BCUT2D eigenvalue weighted by atomic mass is 16.4. The Labute approximate surface area is 121 Å². The molecule has 0 amide bonds. The van der Waals surface area contributed by atoms with Crippen LogP contribution in [-0.2, 0) is 0 Å². The molecule has 0 saturated carbocycles. The summed E-state index contributed by atoms with van der Waals surface area (Å²) in [5.74, 6) is -1.00. The van der Waals surface area contributed by atoms with Crippen LogP contribution < -0.4 is 11.1 Å². The number of pyridine rings is 1.